The fourth-order valence-electron chi connectivity index (χ4n) is 4.45. The van der Waals surface area contributed by atoms with Crippen molar-refractivity contribution in [3.63, 3.8) is 0 Å². The van der Waals surface area contributed by atoms with Crippen LogP contribution in [0.2, 0.25) is 0 Å². The number of nitrogens with zero attached hydrogens (tertiary/aromatic N) is 3. The van der Waals surface area contributed by atoms with Gasteiger partial charge in [0.05, 0.1) is 32.6 Å². The van der Waals surface area contributed by atoms with Crippen molar-refractivity contribution in [2.24, 2.45) is 10.5 Å². The van der Waals surface area contributed by atoms with Gasteiger partial charge in [0.25, 0.3) is 5.91 Å². The minimum atomic E-state index is -0.346. The van der Waals surface area contributed by atoms with Gasteiger partial charge < -0.3 is 19.1 Å². The van der Waals surface area contributed by atoms with Gasteiger partial charge in [-0.15, -0.1) is 0 Å². The van der Waals surface area contributed by atoms with Gasteiger partial charge in [0.2, 0.25) is 5.91 Å². The van der Waals surface area contributed by atoms with Crippen LogP contribution in [0, 0.1) is 19.3 Å². The maximum atomic E-state index is 13.8. The smallest absolute Gasteiger partial charge is 0.262 e. The number of amides is 2. The largest absolute Gasteiger partial charge is 0.493 e. The van der Waals surface area contributed by atoms with Crippen LogP contribution in [0.5, 0.6) is 11.5 Å². The third-order valence-corrected chi connectivity index (χ3v) is 6.72. The van der Waals surface area contributed by atoms with E-state index in [4.69, 9.17) is 19.3 Å². The van der Waals surface area contributed by atoms with Crippen molar-refractivity contribution in [2.45, 2.75) is 53.5 Å². The van der Waals surface area contributed by atoms with Crippen molar-refractivity contribution in [3.8, 4) is 11.5 Å². The van der Waals surface area contributed by atoms with E-state index < -0.39 is 0 Å². The van der Waals surface area contributed by atoms with Gasteiger partial charge in [-0.1, -0.05) is 39.0 Å². The van der Waals surface area contributed by atoms with Crippen LogP contribution in [-0.4, -0.2) is 68.5 Å². The summed E-state index contributed by atoms with van der Waals surface area (Å²) in [7, 11) is 4.76. The first-order chi connectivity index (χ1) is 18.0. The molecule has 1 unspecified atom stereocenters. The van der Waals surface area contributed by atoms with Gasteiger partial charge in [-0.3, -0.25) is 9.59 Å². The molecule has 0 radical (unpaired) electrons. The van der Waals surface area contributed by atoms with Crippen LogP contribution in [0.4, 0.5) is 0 Å². The molecule has 0 saturated carbocycles. The second-order valence-electron chi connectivity index (χ2n) is 11.0. The van der Waals surface area contributed by atoms with Crippen LogP contribution in [0.1, 0.15) is 61.9 Å². The quantitative estimate of drug-likeness (QED) is 0.442. The van der Waals surface area contributed by atoms with E-state index >= 15 is 0 Å². The second kappa shape index (κ2) is 12.4. The first kappa shape index (κ1) is 29.2. The Bertz CT molecular complexity index is 1180. The number of hydrogen-bond acceptors (Lipinski definition) is 6. The van der Waals surface area contributed by atoms with Crippen LogP contribution in [-0.2, 0) is 14.3 Å². The SMILES string of the molecule is COCCN(CC(=O)N1N=C(c2ccc(C)c(C)c2)CC1c1ccc(OC)c(OC)c1)C(=O)CC(C)(C)C. The van der Waals surface area contributed by atoms with Gasteiger partial charge in [0.1, 0.15) is 6.54 Å². The Morgan fingerprint density at radius 2 is 1.71 bits per heavy atom. The molecule has 0 fully saturated rings. The molecule has 2 amide bonds. The fourth-order valence-corrected chi connectivity index (χ4v) is 4.45. The summed E-state index contributed by atoms with van der Waals surface area (Å²) in [5.41, 5.74) is 4.84. The summed E-state index contributed by atoms with van der Waals surface area (Å²) in [5.74, 6) is 0.866. The zero-order valence-corrected chi connectivity index (χ0v) is 24.0. The Kier molecular flexibility index (Phi) is 9.55. The minimum absolute atomic E-state index is 0.0776. The summed E-state index contributed by atoms with van der Waals surface area (Å²) < 4.78 is 16.2. The van der Waals surface area contributed by atoms with Crippen LogP contribution < -0.4 is 9.47 Å². The minimum Gasteiger partial charge on any atom is -0.493 e. The molecule has 2 aromatic rings. The Hall–Kier alpha value is -3.39. The maximum Gasteiger partial charge on any atom is 0.262 e. The molecule has 0 bridgehead atoms. The number of aryl methyl sites for hydroxylation is 2. The van der Waals surface area contributed by atoms with Crippen molar-refractivity contribution in [1.29, 1.82) is 0 Å². The summed E-state index contributed by atoms with van der Waals surface area (Å²) in [5, 5.41) is 6.34. The Morgan fingerprint density at radius 1 is 1.00 bits per heavy atom. The summed E-state index contributed by atoms with van der Waals surface area (Å²) in [6, 6.07) is 11.5. The number of carbonyl (C=O) groups excluding carboxylic acids is 2. The molecule has 0 N–H and O–H groups in total. The number of rotatable bonds is 10. The van der Waals surface area contributed by atoms with E-state index in [0.717, 1.165) is 22.4 Å². The molecule has 3 rings (SSSR count). The van der Waals surface area contributed by atoms with Crippen molar-refractivity contribution in [2.75, 3.05) is 41.0 Å². The Labute approximate surface area is 226 Å². The first-order valence-corrected chi connectivity index (χ1v) is 12.9. The highest BCUT2D eigenvalue weighted by Crippen LogP contribution is 2.37. The van der Waals surface area contributed by atoms with Gasteiger partial charge in [-0.2, -0.15) is 5.10 Å². The molecular weight excluding hydrogens is 482 g/mol. The maximum absolute atomic E-state index is 13.8. The van der Waals surface area contributed by atoms with Gasteiger partial charge >= 0.3 is 0 Å². The highest BCUT2D eigenvalue weighted by Gasteiger charge is 2.35. The molecule has 0 aromatic heterocycles. The van der Waals surface area contributed by atoms with Gasteiger partial charge in [-0.05, 0) is 59.7 Å². The number of benzene rings is 2. The van der Waals surface area contributed by atoms with Crippen LogP contribution in [0.25, 0.3) is 0 Å². The van der Waals surface area contributed by atoms with E-state index in [-0.39, 0.29) is 29.8 Å². The molecule has 0 aliphatic carbocycles. The zero-order valence-electron chi connectivity index (χ0n) is 24.0. The van der Waals surface area contributed by atoms with Gasteiger partial charge in [0, 0.05) is 26.5 Å². The second-order valence-corrected chi connectivity index (χ2v) is 11.0. The average Bonchev–Trinajstić information content (AvgIpc) is 3.32. The van der Waals surface area contributed by atoms with E-state index in [9.17, 15) is 9.59 Å². The van der Waals surface area contributed by atoms with Crippen LogP contribution >= 0.6 is 0 Å². The lowest BCUT2D eigenvalue weighted by atomic mass is 9.91. The highest BCUT2D eigenvalue weighted by molar-refractivity contribution is 6.03. The molecule has 2 aromatic carbocycles. The zero-order chi connectivity index (χ0) is 28.0. The third-order valence-electron chi connectivity index (χ3n) is 6.72. The molecule has 1 aliphatic rings. The fraction of sp³-hybridized carbons (Fsp3) is 0.500. The lowest BCUT2D eigenvalue weighted by Gasteiger charge is -2.29. The Balaban J connectivity index is 1.97. The van der Waals surface area contributed by atoms with Crippen LogP contribution in [0.3, 0.4) is 0 Å². The van der Waals surface area contributed by atoms with E-state index in [2.05, 4.69) is 26.0 Å². The predicted molar refractivity (Wildman–Crippen MR) is 149 cm³/mol. The molecule has 0 saturated heterocycles. The standard InChI is InChI=1S/C30H41N3O5/c1-20-9-10-22(15-21(20)2)24-17-25(23-11-12-26(37-7)27(16-23)38-8)33(31-24)29(35)19-32(13-14-36-6)28(34)18-30(3,4)5/h9-12,15-16,25H,13-14,17-19H2,1-8H3. The molecule has 1 aliphatic heterocycles. The number of hydrogen-bond donors (Lipinski definition) is 0. The van der Waals surface area contributed by atoms with Crippen molar-refractivity contribution < 1.29 is 23.8 Å². The molecular formula is C30H41N3O5. The lowest BCUT2D eigenvalue weighted by Crippen LogP contribution is -2.43. The molecule has 1 atom stereocenters. The normalized spacial score (nSPS) is 15.3. The average molecular weight is 524 g/mol. The molecule has 8 nitrogen and oxygen atoms in total. The van der Waals surface area contributed by atoms with Crippen molar-refractivity contribution >= 4 is 17.5 Å². The Morgan fingerprint density at radius 3 is 2.32 bits per heavy atom. The van der Waals surface area contributed by atoms with E-state index in [0.29, 0.717) is 37.5 Å². The first-order valence-electron chi connectivity index (χ1n) is 12.9. The molecule has 0 spiro atoms. The monoisotopic (exact) mass is 523 g/mol. The number of carbonyl (C=O) groups is 2. The predicted octanol–water partition coefficient (Wildman–Crippen LogP) is 4.91. The van der Waals surface area contributed by atoms with Crippen molar-refractivity contribution in [3.05, 3.63) is 58.7 Å². The van der Waals surface area contributed by atoms with E-state index in [1.165, 1.54) is 10.6 Å². The highest BCUT2D eigenvalue weighted by atomic mass is 16.5. The molecule has 38 heavy (non-hydrogen) atoms. The van der Waals surface area contributed by atoms with Crippen LogP contribution in [0.15, 0.2) is 41.5 Å². The third kappa shape index (κ3) is 7.13. The topological polar surface area (TPSA) is 80.7 Å². The molecule has 1 heterocycles. The van der Waals surface area contributed by atoms with Gasteiger partial charge in [0.15, 0.2) is 11.5 Å². The van der Waals surface area contributed by atoms with E-state index in [1.807, 2.05) is 45.0 Å². The summed E-state index contributed by atoms with van der Waals surface area (Å²) in [4.78, 5) is 28.5. The number of methoxy groups -OCH3 is 3. The molecule has 8 heteroatoms. The number of hydrazone groups is 1. The van der Waals surface area contributed by atoms with Gasteiger partial charge in [-0.25, -0.2) is 5.01 Å². The van der Waals surface area contributed by atoms with E-state index in [1.54, 1.807) is 26.2 Å². The summed E-state index contributed by atoms with van der Waals surface area (Å²) in [6.45, 7) is 10.8. The molecule has 206 valence electrons. The summed E-state index contributed by atoms with van der Waals surface area (Å²) >= 11 is 0. The summed E-state index contributed by atoms with van der Waals surface area (Å²) in [6.07, 6.45) is 0.873. The van der Waals surface area contributed by atoms with Crippen molar-refractivity contribution in [1.82, 2.24) is 9.91 Å². The number of ether oxygens (including phenoxy) is 3. The lowest BCUT2D eigenvalue weighted by molar-refractivity contribution is -0.143.